The van der Waals surface area contributed by atoms with E-state index in [4.69, 9.17) is 17.3 Å². The van der Waals surface area contributed by atoms with Gasteiger partial charge >= 0.3 is 0 Å². The molecular formula is C12H19ClN6S. The molecule has 0 amide bonds. The summed E-state index contributed by atoms with van der Waals surface area (Å²) in [6.07, 6.45) is 1.02. The van der Waals surface area contributed by atoms with E-state index in [2.05, 4.69) is 26.8 Å². The molecule has 2 N–H and O–H groups in total. The van der Waals surface area contributed by atoms with E-state index in [1.807, 2.05) is 14.0 Å². The number of rotatable bonds is 6. The first-order chi connectivity index (χ1) is 9.58. The molecule has 0 fully saturated rings. The fraction of sp³-hybridized carbons (Fsp3) is 0.583. The Labute approximate surface area is 127 Å². The number of thioether (sulfide) groups is 1. The predicted molar refractivity (Wildman–Crippen MR) is 80.7 cm³/mol. The van der Waals surface area contributed by atoms with E-state index in [9.17, 15) is 0 Å². The van der Waals surface area contributed by atoms with Crippen LogP contribution in [0.3, 0.4) is 0 Å². The normalized spacial score (nSPS) is 11.2. The molecular weight excluding hydrogens is 296 g/mol. The van der Waals surface area contributed by atoms with Gasteiger partial charge in [0.1, 0.15) is 11.0 Å². The van der Waals surface area contributed by atoms with Crippen molar-refractivity contribution in [2.24, 2.45) is 12.8 Å². The summed E-state index contributed by atoms with van der Waals surface area (Å²) in [6.45, 7) is 5.36. The average molecular weight is 315 g/mol. The Balaban J connectivity index is 2.16. The molecule has 0 aliphatic heterocycles. The van der Waals surface area contributed by atoms with E-state index < -0.39 is 0 Å². The highest BCUT2D eigenvalue weighted by molar-refractivity contribution is 7.98. The topological polar surface area (TPSA) is 74.6 Å². The van der Waals surface area contributed by atoms with Gasteiger partial charge in [0.2, 0.25) is 0 Å². The third kappa shape index (κ3) is 2.99. The zero-order valence-corrected chi connectivity index (χ0v) is 13.5. The van der Waals surface area contributed by atoms with E-state index in [1.165, 1.54) is 0 Å². The summed E-state index contributed by atoms with van der Waals surface area (Å²) in [4.78, 5) is 0. The second kappa shape index (κ2) is 6.60. The van der Waals surface area contributed by atoms with Crippen LogP contribution in [0.5, 0.6) is 0 Å². The molecule has 0 unspecified atom stereocenters. The van der Waals surface area contributed by atoms with Crippen LogP contribution in [0, 0.1) is 6.92 Å². The second-order valence-corrected chi connectivity index (χ2v) is 5.82. The van der Waals surface area contributed by atoms with Gasteiger partial charge in [-0.1, -0.05) is 30.3 Å². The maximum absolute atomic E-state index is 6.24. The van der Waals surface area contributed by atoms with Gasteiger partial charge in [0.05, 0.1) is 12.2 Å². The van der Waals surface area contributed by atoms with Crippen molar-refractivity contribution in [3.63, 3.8) is 0 Å². The number of aryl methyl sites for hydroxylation is 2. The van der Waals surface area contributed by atoms with Gasteiger partial charge in [-0.25, -0.2) is 0 Å². The minimum absolute atomic E-state index is 0.403. The lowest BCUT2D eigenvalue weighted by Gasteiger charge is -2.07. The first-order valence-electron chi connectivity index (χ1n) is 6.51. The lowest BCUT2D eigenvalue weighted by Crippen LogP contribution is -2.09. The lowest BCUT2D eigenvalue weighted by atomic mass is 10.3. The SMILES string of the molecule is CCCn1c(CN)nnc1SCc1c(C)nn(C)c1Cl. The smallest absolute Gasteiger partial charge is 0.191 e. The van der Waals surface area contributed by atoms with Gasteiger partial charge in [-0.3, -0.25) is 4.68 Å². The number of halogens is 1. The van der Waals surface area contributed by atoms with Crippen LogP contribution in [0.4, 0.5) is 0 Å². The Morgan fingerprint density at radius 1 is 1.35 bits per heavy atom. The molecule has 0 saturated heterocycles. The van der Waals surface area contributed by atoms with Gasteiger partial charge in [-0.15, -0.1) is 10.2 Å². The number of hydrogen-bond donors (Lipinski definition) is 1. The highest BCUT2D eigenvalue weighted by Gasteiger charge is 2.15. The van der Waals surface area contributed by atoms with Crippen molar-refractivity contribution in [2.75, 3.05) is 0 Å². The summed E-state index contributed by atoms with van der Waals surface area (Å²) in [7, 11) is 1.84. The van der Waals surface area contributed by atoms with Gasteiger partial charge in [0.15, 0.2) is 5.16 Å². The monoisotopic (exact) mass is 314 g/mol. The van der Waals surface area contributed by atoms with Gasteiger partial charge in [0.25, 0.3) is 0 Å². The minimum atomic E-state index is 0.403. The molecule has 110 valence electrons. The van der Waals surface area contributed by atoms with Crippen LogP contribution in [0.25, 0.3) is 0 Å². The maximum Gasteiger partial charge on any atom is 0.191 e. The van der Waals surface area contributed by atoms with E-state index >= 15 is 0 Å². The minimum Gasteiger partial charge on any atom is -0.324 e. The van der Waals surface area contributed by atoms with E-state index in [1.54, 1.807) is 16.4 Å². The third-order valence-electron chi connectivity index (χ3n) is 3.04. The van der Waals surface area contributed by atoms with Crippen LogP contribution < -0.4 is 5.73 Å². The molecule has 0 aromatic carbocycles. The van der Waals surface area contributed by atoms with Crippen molar-refractivity contribution < 1.29 is 0 Å². The van der Waals surface area contributed by atoms with E-state index in [0.717, 1.165) is 41.0 Å². The molecule has 0 saturated carbocycles. The molecule has 0 spiro atoms. The van der Waals surface area contributed by atoms with Crippen LogP contribution in [0.2, 0.25) is 5.15 Å². The molecule has 0 aliphatic carbocycles. The van der Waals surface area contributed by atoms with Crippen molar-refractivity contribution in [1.29, 1.82) is 0 Å². The average Bonchev–Trinajstić information content (AvgIpc) is 2.91. The predicted octanol–water partition coefficient (Wildman–Crippen LogP) is 2.13. The summed E-state index contributed by atoms with van der Waals surface area (Å²) in [5, 5.41) is 14.2. The van der Waals surface area contributed by atoms with Crippen LogP contribution >= 0.6 is 23.4 Å². The summed E-state index contributed by atoms with van der Waals surface area (Å²) in [6, 6.07) is 0. The van der Waals surface area contributed by atoms with Crippen LogP contribution in [0.15, 0.2) is 5.16 Å². The summed E-state index contributed by atoms with van der Waals surface area (Å²) < 4.78 is 3.76. The van der Waals surface area contributed by atoms with Crippen LogP contribution in [0.1, 0.15) is 30.4 Å². The summed E-state index contributed by atoms with van der Waals surface area (Å²) in [5.41, 5.74) is 7.68. The summed E-state index contributed by atoms with van der Waals surface area (Å²) >= 11 is 7.85. The molecule has 2 aromatic heterocycles. The quantitative estimate of drug-likeness (QED) is 0.827. The lowest BCUT2D eigenvalue weighted by molar-refractivity contribution is 0.592. The molecule has 0 atom stereocenters. The molecule has 2 aromatic rings. The van der Waals surface area contributed by atoms with Crippen molar-refractivity contribution in [3.05, 3.63) is 22.2 Å². The van der Waals surface area contributed by atoms with E-state index in [0.29, 0.717) is 11.7 Å². The molecule has 0 bridgehead atoms. The first-order valence-corrected chi connectivity index (χ1v) is 7.87. The Morgan fingerprint density at radius 3 is 2.65 bits per heavy atom. The zero-order chi connectivity index (χ0) is 14.7. The van der Waals surface area contributed by atoms with Crippen LogP contribution in [-0.4, -0.2) is 24.5 Å². The Kier molecular flexibility index (Phi) is 5.06. The third-order valence-corrected chi connectivity index (χ3v) is 4.50. The maximum atomic E-state index is 6.24. The first kappa shape index (κ1) is 15.3. The molecule has 20 heavy (non-hydrogen) atoms. The van der Waals surface area contributed by atoms with Crippen molar-refractivity contribution >= 4 is 23.4 Å². The molecule has 2 rings (SSSR count). The highest BCUT2D eigenvalue weighted by atomic mass is 35.5. The van der Waals surface area contributed by atoms with E-state index in [-0.39, 0.29) is 0 Å². The molecule has 6 nitrogen and oxygen atoms in total. The Hall–Kier alpha value is -1.05. The number of nitrogens with two attached hydrogens (primary N) is 1. The van der Waals surface area contributed by atoms with Gasteiger partial charge in [0, 0.05) is 24.9 Å². The Bertz CT molecular complexity index is 591. The fourth-order valence-electron chi connectivity index (χ4n) is 2.00. The number of aromatic nitrogens is 5. The summed E-state index contributed by atoms with van der Waals surface area (Å²) in [5.74, 6) is 1.55. The largest absolute Gasteiger partial charge is 0.324 e. The number of nitrogens with zero attached hydrogens (tertiary/aromatic N) is 5. The van der Waals surface area contributed by atoms with Crippen LogP contribution in [-0.2, 0) is 25.9 Å². The molecule has 2 heterocycles. The molecule has 0 radical (unpaired) electrons. The molecule has 8 heteroatoms. The standard InChI is InChI=1S/C12H19ClN6S/c1-4-5-19-10(6-14)15-16-12(19)20-7-9-8(2)17-18(3)11(9)13/h4-7,14H2,1-3H3. The molecule has 0 aliphatic rings. The van der Waals surface area contributed by atoms with Gasteiger partial charge < -0.3 is 10.3 Å². The van der Waals surface area contributed by atoms with Crippen molar-refractivity contribution in [3.8, 4) is 0 Å². The fourth-order valence-corrected chi connectivity index (χ4v) is 3.39. The van der Waals surface area contributed by atoms with Crippen molar-refractivity contribution in [2.45, 2.75) is 44.3 Å². The van der Waals surface area contributed by atoms with Crippen molar-refractivity contribution in [1.82, 2.24) is 24.5 Å². The highest BCUT2D eigenvalue weighted by Crippen LogP contribution is 2.28. The second-order valence-electron chi connectivity index (χ2n) is 4.52. The number of hydrogen-bond acceptors (Lipinski definition) is 5. The van der Waals surface area contributed by atoms with Gasteiger partial charge in [-0.2, -0.15) is 5.10 Å². The zero-order valence-electron chi connectivity index (χ0n) is 11.9. The van der Waals surface area contributed by atoms with Gasteiger partial charge in [-0.05, 0) is 13.3 Å². The Morgan fingerprint density at radius 2 is 2.10 bits per heavy atom.